The van der Waals surface area contributed by atoms with E-state index in [-0.39, 0.29) is 5.91 Å². The monoisotopic (exact) mass is 205 g/mol. The minimum absolute atomic E-state index is 0.333. The van der Waals surface area contributed by atoms with Gasteiger partial charge in [-0.05, 0) is 18.2 Å². The molecule has 1 rings (SSSR count). The molecule has 0 aliphatic heterocycles. The van der Waals surface area contributed by atoms with E-state index < -0.39 is 0 Å². The first-order valence-corrected chi connectivity index (χ1v) is 3.95. The molecule has 0 fully saturated rings. The van der Waals surface area contributed by atoms with Gasteiger partial charge >= 0.3 is 0 Å². The molecule has 2 nitrogen and oxygen atoms in total. The Balaban J connectivity index is 0.000000261. The second-order valence-corrected chi connectivity index (χ2v) is 2.92. The quantitative estimate of drug-likeness (QED) is 0.696. The molecule has 0 radical (unpaired) electrons. The van der Waals surface area contributed by atoms with E-state index in [4.69, 9.17) is 23.2 Å². The van der Waals surface area contributed by atoms with Crippen LogP contribution >= 0.6 is 23.2 Å². The summed E-state index contributed by atoms with van der Waals surface area (Å²) in [5.74, 6) is -0.333. The summed E-state index contributed by atoms with van der Waals surface area (Å²) in [5, 5.41) is 1.36. The summed E-state index contributed by atoms with van der Waals surface area (Å²) in [5.41, 5.74) is 4.47. The van der Waals surface area contributed by atoms with E-state index in [2.05, 4.69) is 5.73 Å². The third-order valence-corrected chi connectivity index (χ3v) is 1.26. The molecule has 0 aliphatic rings. The van der Waals surface area contributed by atoms with E-state index in [0.29, 0.717) is 10.0 Å². The minimum Gasteiger partial charge on any atom is -0.370 e. The van der Waals surface area contributed by atoms with E-state index in [9.17, 15) is 4.79 Å². The van der Waals surface area contributed by atoms with Gasteiger partial charge in [0.2, 0.25) is 5.91 Å². The van der Waals surface area contributed by atoms with Crippen LogP contribution in [0.2, 0.25) is 10.0 Å². The van der Waals surface area contributed by atoms with Gasteiger partial charge < -0.3 is 5.73 Å². The molecule has 0 saturated heterocycles. The summed E-state index contributed by atoms with van der Waals surface area (Å²) in [7, 11) is 0. The van der Waals surface area contributed by atoms with Gasteiger partial charge in [0.25, 0.3) is 0 Å². The number of rotatable bonds is 0. The third-order valence-electron chi connectivity index (χ3n) is 0.787. The van der Waals surface area contributed by atoms with Gasteiger partial charge in [-0.1, -0.05) is 29.3 Å². The van der Waals surface area contributed by atoms with Crippen molar-refractivity contribution < 1.29 is 4.79 Å². The third kappa shape index (κ3) is 7.38. The first-order valence-electron chi connectivity index (χ1n) is 3.19. The van der Waals surface area contributed by atoms with Crippen LogP contribution in [0.5, 0.6) is 0 Å². The van der Waals surface area contributed by atoms with Crippen LogP contribution in [0.15, 0.2) is 24.3 Å². The molecule has 12 heavy (non-hydrogen) atoms. The highest BCUT2D eigenvalue weighted by Crippen LogP contribution is 2.13. The maximum atomic E-state index is 9.22. The van der Waals surface area contributed by atoms with E-state index in [1.54, 1.807) is 18.2 Å². The number of halogens is 2. The first kappa shape index (κ1) is 11.3. The molecule has 0 heterocycles. The molecular formula is C8H9Cl2NO. The van der Waals surface area contributed by atoms with Crippen LogP contribution < -0.4 is 5.73 Å². The molecule has 0 aliphatic carbocycles. The van der Waals surface area contributed by atoms with Crippen LogP contribution in [-0.2, 0) is 4.79 Å². The molecule has 66 valence electrons. The maximum absolute atomic E-state index is 9.22. The molecule has 1 aromatic rings. The normalized spacial score (nSPS) is 8.25. The average molecular weight is 206 g/mol. The van der Waals surface area contributed by atoms with Crippen LogP contribution in [0, 0.1) is 0 Å². The number of carbonyl (C=O) groups excluding carboxylic acids is 1. The number of amides is 1. The SMILES string of the molecule is CC(N)=O.Clc1cccc(Cl)c1. The molecule has 0 saturated carbocycles. The standard InChI is InChI=1S/C6H4Cl2.C2H5NO/c7-5-2-1-3-6(8)4-5;1-2(3)4/h1-4H;1H3,(H2,3,4). The highest BCUT2D eigenvalue weighted by molar-refractivity contribution is 6.34. The van der Waals surface area contributed by atoms with Crippen molar-refractivity contribution in [2.45, 2.75) is 6.92 Å². The highest BCUT2D eigenvalue weighted by Gasteiger charge is 1.84. The number of nitrogens with two attached hydrogens (primary N) is 1. The van der Waals surface area contributed by atoms with Crippen LogP contribution in [-0.4, -0.2) is 5.91 Å². The topological polar surface area (TPSA) is 43.1 Å². The van der Waals surface area contributed by atoms with Gasteiger partial charge in [-0.3, -0.25) is 4.79 Å². The summed E-state index contributed by atoms with van der Waals surface area (Å²) >= 11 is 11.1. The lowest BCUT2D eigenvalue weighted by molar-refractivity contribution is -0.115. The van der Waals surface area contributed by atoms with Gasteiger partial charge in [0.05, 0.1) is 0 Å². The molecule has 0 bridgehead atoms. The Kier molecular flexibility index (Phi) is 5.51. The predicted molar refractivity (Wildman–Crippen MR) is 51.3 cm³/mol. The lowest BCUT2D eigenvalue weighted by Gasteiger charge is -1.86. The van der Waals surface area contributed by atoms with Crippen molar-refractivity contribution in [2.24, 2.45) is 5.73 Å². The summed E-state index contributed by atoms with van der Waals surface area (Å²) in [6, 6.07) is 7.08. The molecule has 1 amide bonds. The van der Waals surface area contributed by atoms with Gasteiger partial charge in [0.1, 0.15) is 0 Å². The smallest absolute Gasteiger partial charge is 0.214 e. The van der Waals surface area contributed by atoms with E-state index in [0.717, 1.165) is 0 Å². The fourth-order valence-corrected chi connectivity index (χ4v) is 0.896. The molecule has 1 aromatic carbocycles. The van der Waals surface area contributed by atoms with E-state index in [1.165, 1.54) is 6.92 Å². The average Bonchev–Trinajstić information content (AvgIpc) is 1.84. The number of hydrogen-bond donors (Lipinski definition) is 1. The van der Waals surface area contributed by atoms with Crippen molar-refractivity contribution >= 4 is 29.1 Å². The largest absolute Gasteiger partial charge is 0.370 e. The Bertz CT molecular complexity index is 242. The summed E-state index contributed by atoms with van der Waals surface area (Å²) in [6.45, 7) is 1.31. The second-order valence-electron chi connectivity index (χ2n) is 2.05. The van der Waals surface area contributed by atoms with Crippen molar-refractivity contribution in [1.29, 1.82) is 0 Å². The number of carbonyl (C=O) groups is 1. The number of primary amides is 1. The van der Waals surface area contributed by atoms with Gasteiger partial charge in [0, 0.05) is 17.0 Å². The van der Waals surface area contributed by atoms with Gasteiger partial charge in [-0.2, -0.15) is 0 Å². The van der Waals surface area contributed by atoms with Gasteiger partial charge in [-0.25, -0.2) is 0 Å². The van der Waals surface area contributed by atoms with Crippen LogP contribution in [0.4, 0.5) is 0 Å². The Labute approximate surface area is 81.3 Å². The Hall–Kier alpha value is -0.730. The van der Waals surface area contributed by atoms with Crippen molar-refractivity contribution in [3.05, 3.63) is 34.3 Å². The van der Waals surface area contributed by atoms with Crippen LogP contribution in [0.3, 0.4) is 0 Å². The van der Waals surface area contributed by atoms with E-state index >= 15 is 0 Å². The van der Waals surface area contributed by atoms with Crippen molar-refractivity contribution in [3.63, 3.8) is 0 Å². The zero-order valence-corrected chi connectivity index (χ0v) is 8.06. The highest BCUT2D eigenvalue weighted by atomic mass is 35.5. The summed E-state index contributed by atoms with van der Waals surface area (Å²) < 4.78 is 0. The molecule has 0 spiro atoms. The van der Waals surface area contributed by atoms with Crippen LogP contribution in [0.25, 0.3) is 0 Å². The van der Waals surface area contributed by atoms with Crippen LogP contribution in [0.1, 0.15) is 6.92 Å². The minimum atomic E-state index is -0.333. The number of benzene rings is 1. The molecule has 2 N–H and O–H groups in total. The molecule has 0 aromatic heterocycles. The summed E-state index contributed by atoms with van der Waals surface area (Å²) in [6.07, 6.45) is 0. The molecule has 4 heteroatoms. The fraction of sp³-hybridized carbons (Fsp3) is 0.125. The predicted octanol–water partition coefficient (Wildman–Crippen LogP) is 2.49. The molecule has 0 atom stereocenters. The zero-order chi connectivity index (χ0) is 9.56. The Morgan fingerprint density at radius 1 is 1.33 bits per heavy atom. The Morgan fingerprint density at radius 3 is 1.83 bits per heavy atom. The fourth-order valence-electron chi connectivity index (χ4n) is 0.460. The number of hydrogen-bond acceptors (Lipinski definition) is 1. The van der Waals surface area contributed by atoms with Gasteiger partial charge in [-0.15, -0.1) is 0 Å². The molecule has 0 unspecified atom stereocenters. The second kappa shape index (κ2) is 5.86. The van der Waals surface area contributed by atoms with Crippen molar-refractivity contribution in [1.82, 2.24) is 0 Å². The lowest BCUT2D eigenvalue weighted by Crippen LogP contribution is -2.01. The summed E-state index contributed by atoms with van der Waals surface area (Å²) in [4.78, 5) is 9.22. The lowest BCUT2D eigenvalue weighted by atomic mass is 10.4. The molecular weight excluding hydrogens is 197 g/mol. The Morgan fingerprint density at radius 2 is 1.67 bits per heavy atom. The van der Waals surface area contributed by atoms with Gasteiger partial charge in [0.15, 0.2) is 0 Å². The van der Waals surface area contributed by atoms with Crippen molar-refractivity contribution in [3.8, 4) is 0 Å². The zero-order valence-electron chi connectivity index (χ0n) is 6.55. The first-order chi connectivity index (χ1) is 5.52. The van der Waals surface area contributed by atoms with E-state index in [1.807, 2.05) is 6.07 Å². The maximum Gasteiger partial charge on any atom is 0.214 e. The van der Waals surface area contributed by atoms with Crippen molar-refractivity contribution in [2.75, 3.05) is 0 Å².